The van der Waals surface area contributed by atoms with Crippen molar-refractivity contribution in [1.82, 2.24) is 34.9 Å². The molecule has 1 saturated heterocycles. The van der Waals surface area contributed by atoms with Gasteiger partial charge in [-0.2, -0.15) is 18.3 Å². The number of aromatic nitrogens is 5. The topological polar surface area (TPSA) is 115 Å². The molecule has 3 N–H and O–H groups in total. The third-order valence-corrected chi connectivity index (χ3v) is 6.56. The Bertz CT molecular complexity index is 1250. The number of alkyl halides is 3. The van der Waals surface area contributed by atoms with Crippen LogP contribution in [0, 0.1) is 6.92 Å². The molecule has 0 aromatic carbocycles. The Morgan fingerprint density at radius 3 is 2.56 bits per heavy atom. The molecule has 0 bridgehead atoms. The average molecular weight is 472 g/mol. The molecule has 1 spiro atoms. The van der Waals surface area contributed by atoms with Gasteiger partial charge in [0.15, 0.2) is 0 Å². The molecule has 1 fully saturated rings. The fraction of sp³-hybridized carbons (Fsp3) is 0.409. The maximum absolute atomic E-state index is 13.2. The van der Waals surface area contributed by atoms with E-state index in [2.05, 4.69) is 25.4 Å². The van der Waals surface area contributed by atoms with Gasteiger partial charge in [0, 0.05) is 60.5 Å². The number of hydrogen-bond donors (Lipinski definition) is 2. The molecule has 2 aliphatic rings. The number of rotatable bonds is 3. The lowest BCUT2D eigenvalue weighted by molar-refractivity contribution is -0.137. The van der Waals surface area contributed by atoms with Crippen LogP contribution in [-0.2, 0) is 18.1 Å². The molecule has 3 aromatic heterocycles. The number of pyridine rings is 1. The van der Waals surface area contributed by atoms with Crippen molar-refractivity contribution in [3.8, 4) is 11.3 Å². The van der Waals surface area contributed by atoms with Gasteiger partial charge in [0.05, 0.1) is 17.3 Å². The summed E-state index contributed by atoms with van der Waals surface area (Å²) in [5.74, 6) is 0.0973. The number of amides is 2. The number of likely N-dealkylation sites (tertiary alicyclic amines) is 1. The first-order valence-corrected chi connectivity index (χ1v) is 10.8. The van der Waals surface area contributed by atoms with E-state index in [0.717, 1.165) is 23.7 Å². The van der Waals surface area contributed by atoms with Crippen LogP contribution in [0.3, 0.4) is 0 Å². The molecule has 5 heterocycles. The summed E-state index contributed by atoms with van der Waals surface area (Å²) in [5.41, 5.74) is 6.56. The molecule has 2 aliphatic heterocycles. The van der Waals surface area contributed by atoms with E-state index < -0.39 is 17.6 Å². The minimum Gasteiger partial charge on any atom is -0.383 e. The Morgan fingerprint density at radius 2 is 1.88 bits per heavy atom. The van der Waals surface area contributed by atoms with Gasteiger partial charge in [-0.1, -0.05) is 0 Å². The molecular weight excluding hydrogens is 449 g/mol. The summed E-state index contributed by atoms with van der Waals surface area (Å²) >= 11 is 0. The highest BCUT2D eigenvalue weighted by molar-refractivity contribution is 5.76. The van der Waals surface area contributed by atoms with E-state index in [1.165, 1.54) is 6.20 Å². The van der Waals surface area contributed by atoms with E-state index in [1.54, 1.807) is 35.0 Å². The van der Waals surface area contributed by atoms with Gasteiger partial charge in [-0.3, -0.25) is 4.68 Å². The number of aryl methyl sites for hydroxylation is 2. The third kappa shape index (κ3) is 3.72. The normalized spacial score (nSPS) is 17.4. The van der Waals surface area contributed by atoms with Crippen molar-refractivity contribution in [2.24, 2.45) is 0 Å². The highest BCUT2D eigenvalue weighted by Crippen LogP contribution is 2.44. The van der Waals surface area contributed by atoms with Crippen molar-refractivity contribution in [3.05, 3.63) is 53.4 Å². The van der Waals surface area contributed by atoms with Crippen LogP contribution in [0.2, 0.25) is 0 Å². The van der Waals surface area contributed by atoms with E-state index in [4.69, 9.17) is 5.73 Å². The Kier molecular flexibility index (Phi) is 4.99. The second kappa shape index (κ2) is 7.67. The molecular formula is C22H23F3N8O. The van der Waals surface area contributed by atoms with Crippen molar-refractivity contribution in [2.75, 3.05) is 18.8 Å². The molecule has 0 saturated carbocycles. The largest absolute Gasteiger partial charge is 0.419 e. The zero-order chi connectivity index (χ0) is 24.3. The number of nitrogens with two attached hydrogens (primary N) is 1. The second-order valence-corrected chi connectivity index (χ2v) is 8.91. The van der Waals surface area contributed by atoms with Gasteiger partial charge >= 0.3 is 12.2 Å². The van der Waals surface area contributed by atoms with Crippen molar-refractivity contribution in [1.29, 1.82) is 0 Å². The predicted molar refractivity (Wildman–Crippen MR) is 116 cm³/mol. The molecule has 2 amide bonds. The highest BCUT2D eigenvalue weighted by Gasteiger charge is 2.51. The lowest BCUT2D eigenvalue weighted by Gasteiger charge is -2.47. The summed E-state index contributed by atoms with van der Waals surface area (Å²) in [7, 11) is 0. The fourth-order valence-electron chi connectivity index (χ4n) is 4.58. The number of hydrogen-bond acceptors (Lipinski definition) is 6. The number of nitrogens with one attached hydrogen (secondary N) is 1. The first-order chi connectivity index (χ1) is 16.1. The minimum absolute atomic E-state index is 0.186. The molecule has 178 valence electrons. The molecule has 5 rings (SSSR count). The molecule has 12 heteroatoms. The van der Waals surface area contributed by atoms with E-state index in [9.17, 15) is 18.0 Å². The van der Waals surface area contributed by atoms with E-state index in [0.29, 0.717) is 31.2 Å². The second-order valence-electron chi connectivity index (χ2n) is 8.91. The van der Waals surface area contributed by atoms with Gasteiger partial charge in [0.2, 0.25) is 0 Å². The van der Waals surface area contributed by atoms with Crippen LogP contribution in [0.1, 0.15) is 42.0 Å². The Morgan fingerprint density at radius 1 is 1.18 bits per heavy atom. The average Bonchev–Trinajstić information content (AvgIpc) is 3.32. The summed E-state index contributed by atoms with van der Waals surface area (Å²) in [5, 5.41) is 7.45. The Labute approximate surface area is 193 Å². The van der Waals surface area contributed by atoms with Gasteiger partial charge in [-0.15, -0.1) is 0 Å². The molecule has 34 heavy (non-hydrogen) atoms. The highest BCUT2D eigenvalue weighted by atomic mass is 19.4. The zero-order valence-corrected chi connectivity index (χ0v) is 18.6. The van der Waals surface area contributed by atoms with E-state index in [-0.39, 0.29) is 23.1 Å². The summed E-state index contributed by atoms with van der Waals surface area (Å²) in [6.45, 7) is 5.32. The number of carbonyl (C=O) groups is 1. The number of anilines is 1. The monoisotopic (exact) mass is 472 g/mol. The number of nitrogens with zero attached hydrogens (tertiary/aromatic N) is 6. The van der Waals surface area contributed by atoms with Gasteiger partial charge in [0.1, 0.15) is 11.6 Å². The lowest BCUT2D eigenvalue weighted by atomic mass is 9.76. The van der Waals surface area contributed by atoms with Crippen LogP contribution in [0.5, 0.6) is 0 Å². The van der Waals surface area contributed by atoms with Crippen LogP contribution in [0.4, 0.5) is 23.8 Å². The SMILES string of the molecule is Cc1ncc(C(C)NC(=O)N2CC3(CCn4nc(-c5cnc(N)c(C(F)(F)F)c5)cc43)C2)cn1. The van der Waals surface area contributed by atoms with Gasteiger partial charge in [-0.25, -0.2) is 19.7 Å². The first-order valence-electron chi connectivity index (χ1n) is 10.8. The molecule has 9 nitrogen and oxygen atoms in total. The maximum atomic E-state index is 13.2. The minimum atomic E-state index is -4.60. The standard InChI is InChI=1S/C22H23F3N8O/c1-12(15-8-27-13(2)28-9-15)30-20(34)32-10-21(11-32)3-4-33-18(21)6-17(31-33)14-5-16(22(23,24)25)19(26)29-7-14/h5-9,12H,3-4,10-11H2,1-2H3,(H2,26,29)(H,30,34). The van der Waals surface area contributed by atoms with Crippen molar-refractivity contribution in [2.45, 2.75) is 44.4 Å². The van der Waals surface area contributed by atoms with Crippen LogP contribution < -0.4 is 11.1 Å². The third-order valence-electron chi connectivity index (χ3n) is 6.56. The molecule has 1 atom stereocenters. The Hall–Kier alpha value is -3.70. The van der Waals surface area contributed by atoms with E-state index in [1.807, 2.05) is 6.92 Å². The number of fused-ring (bicyclic) bond motifs is 2. The van der Waals surface area contributed by atoms with E-state index >= 15 is 0 Å². The smallest absolute Gasteiger partial charge is 0.383 e. The van der Waals surface area contributed by atoms with Crippen LogP contribution in [0.15, 0.2) is 30.7 Å². The first kappa shape index (κ1) is 22.1. The molecule has 0 radical (unpaired) electrons. The quantitative estimate of drug-likeness (QED) is 0.606. The fourth-order valence-corrected chi connectivity index (χ4v) is 4.58. The number of halogens is 3. The maximum Gasteiger partial charge on any atom is 0.419 e. The Balaban J connectivity index is 1.29. The van der Waals surface area contributed by atoms with Crippen molar-refractivity contribution in [3.63, 3.8) is 0 Å². The molecule has 0 aliphatic carbocycles. The summed E-state index contributed by atoms with van der Waals surface area (Å²) in [6, 6.07) is 2.34. The summed E-state index contributed by atoms with van der Waals surface area (Å²) < 4.78 is 41.5. The lowest BCUT2D eigenvalue weighted by Crippen LogP contribution is -2.62. The summed E-state index contributed by atoms with van der Waals surface area (Å²) in [4.78, 5) is 26.5. The number of carbonyl (C=O) groups excluding carboxylic acids is 1. The summed E-state index contributed by atoms with van der Waals surface area (Å²) in [6.07, 6.45) is 0.900. The van der Waals surface area contributed by atoms with Gasteiger partial charge in [-0.05, 0) is 32.4 Å². The van der Waals surface area contributed by atoms with Crippen LogP contribution >= 0.6 is 0 Å². The zero-order valence-electron chi connectivity index (χ0n) is 18.6. The van der Waals surface area contributed by atoms with Crippen LogP contribution in [0.25, 0.3) is 11.3 Å². The van der Waals surface area contributed by atoms with Crippen molar-refractivity contribution >= 4 is 11.8 Å². The van der Waals surface area contributed by atoms with Crippen LogP contribution in [-0.4, -0.2) is 48.8 Å². The molecule has 1 unspecified atom stereocenters. The number of nitrogen functional groups attached to an aromatic ring is 1. The van der Waals surface area contributed by atoms with Gasteiger partial charge < -0.3 is 16.0 Å². The number of urea groups is 1. The predicted octanol–water partition coefficient (Wildman–Crippen LogP) is 3.07. The van der Waals surface area contributed by atoms with Gasteiger partial charge in [0.25, 0.3) is 0 Å². The molecule has 3 aromatic rings. The van der Waals surface area contributed by atoms with Crippen molar-refractivity contribution < 1.29 is 18.0 Å².